The molecule has 0 saturated heterocycles. The zero-order valence-corrected chi connectivity index (χ0v) is 19.1. The van der Waals surface area contributed by atoms with Crippen LogP contribution in [0, 0.1) is 28.4 Å². The molecule has 1 aliphatic rings. The van der Waals surface area contributed by atoms with Crippen LogP contribution < -0.4 is 10.2 Å². The molecule has 1 amide bonds. The van der Waals surface area contributed by atoms with Crippen LogP contribution in [-0.2, 0) is 6.61 Å². The van der Waals surface area contributed by atoms with Gasteiger partial charge in [-0.15, -0.1) is 0 Å². The molecule has 172 valence electrons. The van der Waals surface area contributed by atoms with Gasteiger partial charge in [0.1, 0.15) is 18.1 Å². The Morgan fingerprint density at radius 3 is 2.62 bits per heavy atom. The Morgan fingerprint density at radius 2 is 2.00 bits per heavy atom. The van der Waals surface area contributed by atoms with Gasteiger partial charge in [-0.3, -0.25) is 14.9 Å². The van der Waals surface area contributed by atoms with Crippen LogP contribution in [0.3, 0.4) is 0 Å². The Kier molecular flexibility index (Phi) is 7.33. The molecule has 1 heterocycles. The van der Waals surface area contributed by atoms with Crippen molar-refractivity contribution in [3.8, 4) is 5.75 Å². The summed E-state index contributed by atoms with van der Waals surface area (Å²) < 4.78 is 11.2. The SMILES string of the molecule is CCC(C)(C)C1CCC(=NNC(=O)c2ccc(COc3ccc([N+](=O)[O-])c(C)c3)o2)CC1. The Balaban J connectivity index is 1.50. The molecule has 0 bridgehead atoms. The summed E-state index contributed by atoms with van der Waals surface area (Å²) in [6.07, 6.45) is 5.16. The fourth-order valence-corrected chi connectivity index (χ4v) is 3.97. The largest absolute Gasteiger partial charge is 0.486 e. The number of nitro benzene ring substituents is 1. The van der Waals surface area contributed by atoms with Crippen LogP contribution >= 0.6 is 0 Å². The molecule has 1 N–H and O–H groups in total. The Bertz CT molecular complexity index is 999. The summed E-state index contributed by atoms with van der Waals surface area (Å²) >= 11 is 0. The molecule has 1 aliphatic carbocycles. The molecule has 0 radical (unpaired) electrons. The number of nitrogens with zero attached hydrogens (tertiary/aromatic N) is 2. The van der Waals surface area contributed by atoms with Crippen molar-refractivity contribution in [3.63, 3.8) is 0 Å². The summed E-state index contributed by atoms with van der Waals surface area (Å²) in [6, 6.07) is 7.78. The van der Waals surface area contributed by atoms with Crippen LogP contribution in [0.5, 0.6) is 5.75 Å². The minimum atomic E-state index is -0.433. The first-order valence-corrected chi connectivity index (χ1v) is 11.0. The van der Waals surface area contributed by atoms with Gasteiger partial charge in [-0.25, -0.2) is 5.43 Å². The molecule has 8 nitrogen and oxygen atoms in total. The van der Waals surface area contributed by atoms with Crippen LogP contribution in [0.15, 0.2) is 39.9 Å². The first-order chi connectivity index (χ1) is 15.2. The maximum absolute atomic E-state index is 12.4. The highest BCUT2D eigenvalue weighted by molar-refractivity contribution is 5.93. The van der Waals surface area contributed by atoms with Crippen LogP contribution in [0.2, 0.25) is 0 Å². The molecule has 1 saturated carbocycles. The zero-order valence-electron chi connectivity index (χ0n) is 19.1. The van der Waals surface area contributed by atoms with E-state index in [4.69, 9.17) is 9.15 Å². The van der Waals surface area contributed by atoms with Crippen LogP contribution in [-0.4, -0.2) is 16.5 Å². The topological polar surface area (TPSA) is 107 Å². The minimum Gasteiger partial charge on any atom is -0.486 e. The van der Waals surface area contributed by atoms with E-state index in [-0.39, 0.29) is 18.1 Å². The average Bonchev–Trinajstić information content (AvgIpc) is 3.25. The molecule has 0 spiro atoms. The fourth-order valence-electron chi connectivity index (χ4n) is 3.97. The summed E-state index contributed by atoms with van der Waals surface area (Å²) in [4.78, 5) is 22.8. The molecular weight excluding hydrogens is 410 g/mol. The third-order valence-electron chi connectivity index (χ3n) is 6.53. The Morgan fingerprint density at radius 1 is 1.28 bits per heavy atom. The van der Waals surface area contributed by atoms with E-state index in [0.29, 0.717) is 28.4 Å². The predicted octanol–water partition coefficient (Wildman–Crippen LogP) is 5.79. The van der Waals surface area contributed by atoms with Gasteiger partial charge in [0.2, 0.25) is 0 Å². The standard InChI is InChI=1S/C24H31N3O5/c1-5-24(3,4)17-6-8-18(9-7-17)25-26-23(28)22-13-11-20(32-22)15-31-19-10-12-21(27(29)30)16(2)14-19/h10-14,17H,5-9,15H2,1-4H3,(H,26,28). The quantitative estimate of drug-likeness (QED) is 0.412. The maximum Gasteiger partial charge on any atom is 0.307 e. The van der Waals surface area contributed by atoms with Crippen molar-refractivity contribution >= 4 is 17.3 Å². The molecule has 3 rings (SSSR count). The number of carbonyl (C=O) groups is 1. The molecular formula is C24H31N3O5. The maximum atomic E-state index is 12.4. The third kappa shape index (κ3) is 5.75. The smallest absolute Gasteiger partial charge is 0.307 e. The molecule has 1 aromatic heterocycles. The van der Waals surface area contributed by atoms with E-state index in [1.165, 1.54) is 12.1 Å². The molecule has 32 heavy (non-hydrogen) atoms. The second-order valence-corrected chi connectivity index (χ2v) is 9.00. The van der Waals surface area contributed by atoms with E-state index in [2.05, 4.69) is 31.3 Å². The van der Waals surface area contributed by atoms with Crippen molar-refractivity contribution in [1.82, 2.24) is 5.43 Å². The van der Waals surface area contributed by atoms with E-state index in [1.54, 1.807) is 25.1 Å². The first kappa shape index (κ1) is 23.5. The Labute approximate surface area is 188 Å². The van der Waals surface area contributed by atoms with Crippen LogP contribution in [0.1, 0.15) is 74.8 Å². The number of carbonyl (C=O) groups excluding carboxylic acids is 1. The number of hydrazone groups is 1. The number of nitrogens with one attached hydrogen (secondary N) is 1. The number of hydrogen-bond acceptors (Lipinski definition) is 6. The van der Waals surface area contributed by atoms with Gasteiger partial charge in [0.25, 0.3) is 5.69 Å². The molecule has 8 heteroatoms. The molecule has 1 fully saturated rings. The molecule has 0 atom stereocenters. The fraction of sp³-hybridized carbons (Fsp3) is 0.500. The second-order valence-electron chi connectivity index (χ2n) is 9.00. The first-order valence-electron chi connectivity index (χ1n) is 11.0. The molecule has 1 aromatic carbocycles. The van der Waals surface area contributed by atoms with E-state index in [1.807, 2.05) is 0 Å². The van der Waals surface area contributed by atoms with E-state index in [0.717, 1.165) is 37.8 Å². The molecule has 0 unspecified atom stereocenters. The van der Waals surface area contributed by atoms with Gasteiger partial charge in [-0.2, -0.15) is 5.10 Å². The van der Waals surface area contributed by atoms with Gasteiger partial charge in [-0.05, 0) is 68.2 Å². The lowest BCUT2D eigenvalue weighted by Gasteiger charge is -2.36. The van der Waals surface area contributed by atoms with Crippen molar-refractivity contribution in [2.24, 2.45) is 16.4 Å². The number of nitro groups is 1. The van der Waals surface area contributed by atoms with Gasteiger partial charge in [0, 0.05) is 17.3 Å². The van der Waals surface area contributed by atoms with Crippen molar-refractivity contribution in [2.45, 2.75) is 66.4 Å². The second kappa shape index (κ2) is 9.97. The monoisotopic (exact) mass is 441 g/mol. The Hall–Kier alpha value is -3.16. The summed E-state index contributed by atoms with van der Waals surface area (Å²) in [5, 5.41) is 15.2. The lowest BCUT2D eigenvalue weighted by molar-refractivity contribution is -0.385. The predicted molar refractivity (Wildman–Crippen MR) is 122 cm³/mol. The number of hydrogen-bond donors (Lipinski definition) is 1. The molecule has 2 aromatic rings. The van der Waals surface area contributed by atoms with Crippen molar-refractivity contribution in [1.29, 1.82) is 0 Å². The minimum absolute atomic E-state index is 0.0403. The van der Waals surface area contributed by atoms with E-state index < -0.39 is 10.8 Å². The zero-order chi connectivity index (χ0) is 23.3. The van der Waals surface area contributed by atoms with Crippen molar-refractivity contribution in [3.05, 3.63) is 57.5 Å². The van der Waals surface area contributed by atoms with Gasteiger partial charge in [0.15, 0.2) is 5.76 Å². The van der Waals surface area contributed by atoms with Gasteiger partial charge >= 0.3 is 5.91 Å². The average molecular weight is 442 g/mol. The normalized spacial score (nSPS) is 16.5. The van der Waals surface area contributed by atoms with E-state index >= 15 is 0 Å². The van der Waals surface area contributed by atoms with E-state index in [9.17, 15) is 14.9 Å². The number of benzene rings is 1. The highest BCUT2D eigenvalue weighted by Crippen LogP contribution is 2.39. The summed E-state index contributed by atoms with van der Waals surface area (Å²) in [5.74, 6) is 1.42. The van der Waals surface area contributed by atoms with Gasteiger partial charge in [0.05, 0.1) is 4.92 Å². The lowest BCUT2D eigenvalue weighted by atomic mass is 9.69. The number of furan rings is 1. The molecule has 0 aliphatic heterocycles. The number of aryl methyl sites for hydroxylation is 1. The van der Waals surface area contributed by atoms with Crippen LogP contribution in [0.25, 0.3) is 0 Å². The summed E-state index contributed by atoms with van der Waals surface area (Å²) in [5.41, 5.74) is 4.51. The van der Waals surface area contributed by atoms with Gasteiger partial charge < -0.3 is 9.15 Å². The highest BCUT2D eigenvalue weighted by atomic mass is 16.6. The number of amides is 1. The van der Waals surface area contributed by atoms with Crippen molar-refractivity contribution in [2.75, 3.05) is 0 Å². The lowest BCUT2D eigenvalue weighted by Crippen LogP contribution is -2.29. The summed E-state index contributed by atoms with van der Waals surface area (Å²) in [6.45, 7) is 8.64. The number of ether oxygens (including phenoxy) is 1. The summed E-state index contributed by atoms with van der Waals surface area (Å²) in [7, 11) is 0. The van der Waals surface area contributed by atoms with Crippen LogP contribution in [0.4, 0.5) is 5.69 Å². The highest BCUT2D eigenvalue weighted by Gasteiger charge is 2.30. The van der Waals surface area contributed by atoms with Gasteiger partial charge in [-0.1, -0.05) is 27.2 Å². The number of rotatable bonds is 8. The van der Waals surface area contributed by atoms with Crippen molar-refractivity contribution < 1.29 is 18.9 Å². The third-order valence-corrected chi connectivity index (χ3v) is 6.53.